The van der Waals surface area contributed by atoms with E-state index < -0.39 is 35.7 Å². The minimum atomic E-state index is -1.06. The fourth-order valence-electron chi connectivity index (χ4n) is 5.84. The van der Waals surface area contributed by atoms with Crippen LogP contribution in [0.25, 0.3) is 0 Å². The van der Waals surface area contributed by atoms with Gasteiger partial charge in [0.25, 0.3) is 0 Å². The molecule has 2 N–H and O–H groups in total. The molecule has 9 heteroatoms. The molecule has 4 atom stereocenters. The van der Waals surface area contributed by atoms with Gasteiger partial charge in [0.05, 0.1) is 50.7 Å². The fourth-order valence-corrected chi connectivity index (χ4v) is 5.84. The molecule has 4 rings (SSSR count). The third kappa shape index (κ3) is 6.59. The number of nitrogens with zero attached hydrogens (tertiary/aromatic N) is 2. The fraction of sp³-hybridized carbons (Fsp3) is 0.567. The number of piperidine rings is 1. The second-order valence-corrected chi connectivity index (χ2v) is 11.4. The lowest BCUT2D eigenvalue weighted by Gasteiger charge is -2.50. The molecule has 1 fully saturated rings. The van der Waals surface area contributed by atoms with Crippen LogP contribution in [0.2, 0.25) is 0 Å². The van der Waals surface area contributed by atoms with Crippen molar-refractivity contribution in [1.82, 2.24) is 4.90 Å². The number of aliphatic hydroxyl groups is 1. The maximum atomic E-state index is 12.3. The average Bonchev–Trinajstić information content (AvgIpc) is 2.91. The molecule has 2 aromatic carbocycles. The average molecular weight is 543 g/mol. The summed E-state index contributed by atoms with van der Waals surface area (Å²) in [7, 11) is 3.32. The smallest absolute Gasteiger partial charge is 0.407 e. The zero-order valence-corrected chi connectivity index (χ0v) is 23.6. The monoisotopic (exact) mass is 542 g/mol. The van der Waals surface area contributed by atoms with Crippen LogP contribution in [0.15, 0.2) is 42.5 Å². The number of anilines is 1. The maximum Gasteiger partial charge on any atom is 0.407 e. The Kier molecular flexibility index (Phi) is 9.25. The molecule has 0 spiro atoms. The van der Waals surface area contributed by atoms with Gasteiger partial charge >= 0.3 is 6.09 Å². The second-order valence-electron chi connectivity index (χ2n) is 11.4. The number of carboxylic acid groups (broad SMARTS) is 1. The van der Waals surface area contributed by atoms with E-state index in [2.05, 4.69) is 11.0 Å². The number of ether oxygens (including phenoxy) is 4. The summed E-state index contributed by atoms with van der Waals surface area (Å²) in [5, 5.41) is 21.8. The van der Waals surface area contributed by atoms with Gasteiger partial charge in [-0.1, -0.05) is 39.0 Å². The molecule has 214 valence electrons. The van der Waals surface area contributed by atoms with E-state index in [1.54, 1.807) is 14.2 Å². The molecule has 2 heterocycles. The van der Waals surface area contributed by atoms with E-state index in [-0.39, 0.29) is 13.2 Å². The van der Waals surface area contributed by atoms with E-state index in [0.717, 1.165) is 42.1 Å². The van der Waals surface area contributed by atoms with Gasteiger partial charge in [-0.05, 0) is 47.2 Å². The molecule has 0 aromatic heterocycles. The number of hydrogen-bond acceptors (Lipinski definition) is 7. The Morgan fingerprint density at radius 3 is 2.51 bits per heavy atom. The van der Waals surface area contributed by atoms with Crippen molar-refractivity contribution in [2.24, 2.45) is 5.41 Å². The standard InChI is InChI=1S/C30H42N2O7/c1-30(2,3)28-27(33)26(21-8-10-22(37-5)11-9-21)25(18-32(28)29(34)35)39-19-20-7-12-24-23(17-20)31(14-16-38-24)13-6-15-36-4/h7-12,17,25-28,33H,6,13-16,18-19H2,1-5H3,(H,34,35)/t25-,26+,27-,28?/m0/s1. The van der Waals surface area contributed by atoms with Crippen molar-refractivity contribution in [2.45, 2.75) is 58.0 Å². The molecule has 0 radical (unpaired) electrons. The summed E-state index contributed by atoms with van der Waals surface area (Å²) in [5.74, 6) is 1.14. The molecular weight excluding hydrogens is 500 g/mol. The Morgan fingerprint density at radius 2 is 1.87 bits per heavy atom. The number of aliphatic hydroxyl groups excluding tert-OH is 1. The third-order valence-corrected chi connectivity index (χ3v) is 7.66. The normalized spacial score (nSPS) is 23.2. The molecule has 9 nitrogen and oxygen atoms in total. The molecule has 2 aromatic rings. The maximum absolute atomic E-state index is 12.3. The largest absolute Gasteiger partial charge is 0.497 e. The zero-order chi connectivity index (χ0) is 28.2. The Labute approximate surface area is 231 Å². The highest BCUT2D eigenvalue weighted by molar-refractivity contribution is 5.66. The van der Waals surface area contributed by atoms with Gasteiger partial charge in [0, 0.05) is 26.2 Å². The zero-order valence-electron chi connectivity index (χ0n) is 23.6. The Hall–Kier alpha value is -3.01. The van der Waals surface area contributed by atoms with Crippen molar-refractivity contribution >= 4 is 11.8 Å². The van der Waals surface area contributed by atoms with Crippen molar-refractivity contribution in [1.29, 1.82) is 0 Å². The number of fused-ring (bicyclic) bond motifs is 1. The molecule has 0 bridgehead atoms. The quantitative estimate of drug-likeness (QED) is 0.451. The highest BCUT2D eigenvalue weighted by Gasteiger charge is 2.50. The van der Waals surface area contributed by atoms with Gasteiger partial charge in [0.2, 0.25) is 0 Å². The van der Waals surface area contributed by atoms with E-state index in [9.17, 15) is 15.0 Å². The summed E-state index contributed by atoms with van der Waals surface area (Å²) in [4.78, 5) is 16.0. The van der Waals surface area contributed by atoms with E-state index in [0.29, 0.717) is 19.0 Å². The number of benzene rings is 2. The molecular formula is C30H42N2O7. The predicted octanol–water partition coefficient (Wildman–Crippen LogP) is 4.37. The number of hydrogen-bond donors (Lipinski definition) is 2. The first-order chi connectivity index (χ1) is 18.6. The Morgan fingerprint density at radius 1 is 1.13 bits per heavy atom. The van der Waals surface area contributed by atoms with Crippen LogP contribution in [0, 0.1) is 5.41 Å². The predicted molar refractivity (Wildman–Crippen MR) is 149 cm³/mol. The summed E-state index contributed by atoms with van der Waals surface area (Å²) >= 11 is 0. The Balaban J connectivity index is 1.59. The SMILES string of the molecule is COCCCN1CCOc2ccc(CO[C@H]3CN(C(=O)O)C(C(C)(C)C)[C@@H](O)[C@@H]3c3ccc(OC)cc3)cc21. The van der Waals surface area contributed by atoms with Crippen LogP contribution >= 0.6 is 0 Å². The van der Waals surface area contributed by atoms with Gasteiger partial charge in [-0.3, -0.25) is 4.90 Å². The van der Waals surface area contributed by atoms with E-state index in [1.807, 2.05) is 57.2 Å². The van der Waals surface area contributed by atoms with Crippen LogP contribution in [0.5, 0.6) is 11.5 Å². The van der Waals surface area contributed by atoms with Crippen molar-refractivity contribution in [3.8, 4) is 11.5 Å². The lowest BCUT2D eigenvalue weighted by molar-refractivity contribution is -0.114. The molecule has 1 unspecified atom stereocenters. The van der Waals surface area contributed by atoms with Crippen molar-refractivity contribution in [2.75, 3.05) is 52.0 Å². The van der Waals surface area contributed by atoms with Crippen molar-refractivity contribution in [3.05, 3.63) is 53.6 Å². The van der Waals surface area contributed by atoms with Crippen LogP contribution in [0.3, 0.4) is 0 Å². The van der Waals surface area contributed by atoms with E-state index in [1.165, 1.54) is 4.90 Å². The number of rotatable bonds is 9. The number of carbonyl (C=O) groups is 1. The summed E-state index contributed by atoms with van der Waals surface area (Å²) in [5.41, 5.74) is 2.39. The Bertz CT molecular complexity index is 1100. The van der Waals surface area contributed by atoms with Gasteiger partial charge in [0.1, 0.15) is 18.1 Å². The van der Waals surface area contributed by atoms with Gasteiger partial charge in [-0.15, -0.1) is 0 Å². The topological polar surface area (TPSA) is 101 Å². The minimum Gasteiger partial charge on any atom is -0.497 e. The van der Waals surface area contributed by atoms with Crippen LogP contribution in [-0.2, 0) is 16.1 Å². The molecule has 1 saturated heterocycles. The van der Waals surface area contributed by atoms with Crippen LogP contribution in [-0.4, -0.2) is 86.5 Å². The van der Waals surface area contributed by atoms with E-state index in [4.69, 9.17) is 18.9 Å². The number of amides is 1. The second kappa shape index (κ2) is 12.4. The minimum absolute atomic E-state index is 0.155. The summed E-state index contributed by atoms with van der Waals surface area (Å²) in [6.07, 6.45) is -1.65. The summed E-state index contributed by atoms with van der Waals surface area (Å²) in [6, 6.07) is 13.0. The van der Waals surface area contributed by atoms with Gasteiger partial charge in [0.15, 0.2) is 0 Å². The molecule has 39 heavy (non-hydrogen) atoms. The third-order valence-electron chi connectivity index (χ3n) is 7.66. The molecule has 2 aliphatic heterocycles. The lowest BCUT2D eigenvalue weighted by Crippen LogP contribution is -2.63. The van der Waals surface area contributed by atoms with Crippen LogP contribution in [0.1, 0.15) is 44.2 Å². The summed E-state index contributed by atoms with van der Waals surface area (Å²) < 4.78 is 22.9. The van der Waals surface area contributed by atoms with Crippen LogP contribution < -0.4 is 14.4 Å². The van der Waals surface area contributed by atoms with Crippen molar-refractivity contribution in [3.63, 3.8) is 0 Å². The molecule has 1 amide bonds. The number of likely N-dealkylation sites (tertiary alicyclic amines) is 1. The van der Waals surface area contributed by atoms with Gasteiger partial charge in [-0.25, -0.2) is 4.79 Å². The lowest BCUT2D eigenvalue weighted by atomic mass is 9.72. The molecule has 0 aliphatic carbocycles. The first-order valence-electron chi connectivity index (χ1n) is 13.6. The van der Waals surface area contributed by atoms with Gasteiger partial charge in [-0.2, -0.15) is 0 Å². The number of methoxy groups -OCH3 is 2. The first-order valence-corrected chi connectivity index (χ1v) is 13.6. The van der Waals surface area contributed by atoms with Crippen LogP contribution in [0.4, 0.5) is 10.5 Å². The molecule has 0 saturated carbocycles. The summed E-state index contributed by atoms with van der Waals surface area (Å²) in [6.45, 7) is 9.30. The van der Waals surface area contributed by atoms with E-state index >= 15 is 0 Å². The highest BCUT2D eigenvalue weighted by Crippen LogP contribution is 2.41. The van der Waals surface area contributed by atoms with Crippen molar-refractivity contribution < 1.29 is 34.0 Å². The highest BCUT2D eigenvalue weighted by atomic mass is 16.5. The van der Waals surface area contributed by atoms with Gasteiger partial charge < -0.3 is 34.1 Å². The molecule has 2 aliphatic rings. The first kappa shape index (κ1) is 29.0.